The standard InChI is InChI=1S/C19H18FN3O2S/c1-2-22-16-6-4-3-5-15(16)19(17(22)24)23(11-12-26-19)18(25)21-14-9-7-13(20)8-10-14/h3-10H,2,11-12H2,1H3,(H,21,25). The first-order chi connectivity index (χ1) is 12.6. The van der Waals surface area contributed by atoms with Crippen molar-refractivity contribution < 1.29 is 14.0 Å². The smallest absolute Gasteiger partial charge is 0.309 e. The van der Waals surface area contributed by atoms with E-state index in [2.05, 4.69) is 5.32 Å². The lowest BCUT2D eigenvalue weighted by atomic mass is 10.1. The lowest BCUT2D eigenvalue weighted by molar-refractivity contribution is -0.123. The maximum atomic E-state index is 13.3. The van der Waals surface area contributed by atoms with Gasteiger partial charge in [0.25, 0.3) is 5.91 Å². The van der Waals surface area contributed by atoms with Gasteiger partial charge in [-0.3, -0.25) is 9.69 Å². The number of halogens is 1. The number of hydrogen-bond donors (Lipinski definition) is 1. The third-order valence-corrected chi connectivity index (χ3v) is 6.18. The van der Waals surface area contributed by atoms with Gasteiger partial charge in [0.2, 0.25) is 0 Å². The Bertz CT molecular complexity index is 873. The average molecular weight is 371 g/mol. The summed E-state index contributed by atoms with van der Waals surface area (Å²) >= 11 is 1.49. The summed E-state index contributed by atoms with van der Waals surface area (Å²) in [6, 6.07) is 12.9. The molecule has 1 spiro atoms. The minimum absolute atomic E-state index is 0.0852. The fourth-order valence-electron chi connectivity index (χ4n) is 3.61. The molecule has 5 nitrogen and oxygen atoms in total. The monoisotopic (exact) mass is 371 g/mol. The molecule has 1 saturated heterocycles. The molecule has 2 aromatic carbocycles. The Morgan fingerprint density at radius 3 is 2.69 bits per heavy atom. The molecule has 1 fully saturated rings. The number of benzene rings is 2. The van der Waals surface area contributed by atoms with Crippen molar-refractivity contribution in [2.24, 2.45) is 0 Å². The van der Waals surface area contributed by atoms with E-state index >= 15 is 0 Å². The molecule has 1 N–H and O–H groups in total. The van der Waals surface area contributed by atoms with Crippen LogP contribution in [0.25, 0.3) is 0 Å². The van der Waals surface area contributed by atoms with Crippen LogP contribution in [0, 0.1) is 5.82 Å². The van der Waals surface area contributed by atoms with Crippen LogP contribution in [0.3, 0.4) is 0 Å². The number of fused-ring (bicyclic) bond motifs is 2. The Balaban J connectivity index is 1.70. The maximum absolute atomic E-state index is 13.3. The van der Waals surface area contributed by atoms with Crippen LogP contribution in [0.1, 0.15) is 12.5 Å². The average Bonchev–Trinajstić information content (AvgIpc) is 3.19. The molecule has 0 bridgehead atoms. The van der Waals surface area contributed by atoms with Crippen LogP contribution in [-0.4, -0.2) is 35.7 Å². The van der Waals surface area contributed by atoms with Crippen LogP contribution in [0.5, 0.6) is 0 Å². The van der Waals surface area contributed by atoms with E-state index in [0.29, 0.717) is 24.5 Å². The number of urea groups is 1. The van der Waals surface area contributed by atoms with E-state index in [4.69, 9.17) is 0 Å². The Morgan fingerprint density at radius 2 is 1.96 bits per heavy atom. The Hall–Kier alpha value is -2.54. The number of para-hydroxylation sites is 1. The van der Waals surface area contributed by atoms with Crippen molar-refractivity contribution in [3.05, 3.63) is 59.9 Å². The van der Waals surface area contributed by atoms with E-state index in [1.807, 2.05) is 31.2 Å². The van der Waals surface area contributed by atoms with E-state index < -0.39 is 4.87 Å². The Morgan fingerprint density at radius 1 is 1.23 bits per heavy atom. The zero-order chi connectivity index (χ0) is 18.3. The highest BCUT2D eigenvalue weighted by atomic mass is 32.2. The third-order valence-electron chi connectivity index (χ3n) is 4.76. The fraction of sp³-hybridized carbons (Fsp3) is 0.263. The number of carbonyl (C=O) groups is 2. The predicted octanol–water partition coefficient (Wildman–Crippen LogP) is 3.63. The Kier molecular flexibility index (Phi) is 4.11. The molecule has 26 heavy (non-hydrogen) atoms. The zero-order valence-electron chi connectivity index (χ0n) is 14.2. The highest BCUT2D eigenvalue weighted by Crippen LogP contribution is 2.53. The molecular formula is C19H18FN3O2S. The van der Waals surface area contributed by atoms with Crippen molar-refractivity contribution in [3.63, 3.8) is 0 Å². The van der Waals surface area contributed by atoms with Crippen molar-refractivity contribution >= 4 is 35.1 Å². The summed E-state index contributed by atoms with van der Waals surface area (Å²) < 4.78 is 13.1. The lowest BCUT2D eigenvalue weighted by Gasteiger charge is -2.33. The van der Waals surface area contributed by atoms with Crippen LogP contribution < -0.4 is 10.2 Å². The molecule has 7 heteroatoms. The third kappa shape index (κ3) is 2.38. The van der Waals surface area contributed by atoms with Gasteiger partial charge in [0.15, 0.2) is 4.87 Å². The number of nitrogens with zero attached hydrogens (tertiary/aromatic N) is 2. The maximum Gasteiger partial charge on any atom is 0.323 e. The van der Waals surface area contributed by atoms with E-state index in [1.165, 1.54) is 36.0 Å². The molecule has 0 aromatic heterocycles. The van der Waals surface area contributed by atoms with Gasteiger partial charge in [-0.2, -0.15) is 0 Å². The van der Waals surface area contributed by atoms with Crippen LogP contribution in [0.4, 0.5) is 20.6 Å². The van der Waals surface area contributed by atoms with E-state index in [9.17, 15) is 14.0 Å². The molecule has 134 valence electrons. The van der Waals surface area contributed by atoms with Gasteiger partial charge in [0.05, 0.1) is 5.69 Å². The minimum Gasteiger partial charge on any atom is -0.309 e. The number of likely N-dealkylation sites (N-methyl/N-ethyl adjacent to an activating group) is 1. The zero-order valence-corrected chi connectivity index (χ0v) is 15.1. The van der Waals surface area contributed by atoms with Crippen molar-refractivity contribution in [1.82, 2.24) is 4.90 Å². The summed E-state index contributed by atoms with van der Waals surface area (Å²) in [5.41, 5.74) is 2.20. The first kappa shape index (κ1) is 16.9. The van der Waals surface area contributed by atoms with Crippen molar-refractivity contribution in [2.45, 2.75) is 11.8 Å². The molecule has 1 atom stereocenters. The van der Waals surface area contributed by atoms with Gasteiger partial charge in [0.1, 0.15) is 5.82 Å². The second kappa shape index (κ2) is 6.32. The lowest BCUT2D eigenvalue weighted by Crippen LogP contribution is -2.51. The number of nitrogens with one attached hydrogen (secondary N) is 1. The number of anilines is 2. The number of amides is 3. The van der Waals surface area contributed by atoms with Gasteiger partial charge in [-0.15, -0.1) is 11.8 Å². The molecule has 0 radical (unpaired) electrons. The van der Waals surface area contributed by atoms with Crippen LogP contribution >= 0.6 is 11.8 Å². The SMILES string of the molecule is CCN1C(=O)C2(SCCN2C(=O)Nc2ccc(F)cc2)c2ccccc21. The summed E-state index contributed by atoms with van der Waals surface area (Å²) in [5.74, 6) is 0.224. The van der Waals surface area contributed by atoms with Crippen molar-refractivity contribution in [1.29, 1.82) is 0 Å². The van der Waals surface area contributed by atoms with Crippen molar-refractivity contribution in [3.8, 4) is 0 Å². The molecule has 0 aliphatic carbocycles. The second-order valence-electron chi connectivity index (χ2n) is 6.15. The normalized spacial score (nSPS) is 21.4. The highest BCUT2D eigenvalue weighted by molar-refractivity contribution is 8.01. The molecule has 2 heterocycles. The van der Waals surface area contributed by atoms with Crippen LogP contribution in [0.15, 0.2) is 48.5 Å². The second-order valence-corrected chi connectivity index (χ2v) is 7.44. The van der Waals surface area contributed by atoms with Gasteiger partial charge in [-0.05, 0) is 37.3 Å². The summed E-state index contributed by atoms with van der Waals surface area (Å²) in [5, 5.41) is 2.78. The van der Waals surface area contributed by atoms with Gasteiger partial charge in [0, 0.05) is 30.1 Å². The quantitative estimate of drug-likeness (QED) is 0.877. The van der Waals surface area contributed by atoms with Gasteiger partial charge >= 0.3 is 6.03 Å². The van der Waals surface area contributed by atoms with E-state index in [0.717, 1.165) is 11.3 Å². The highest BCUT2D eigenvalue weighted by Gasteiger charge is 2.59. The minimum atomic E-state index is -1.03. The predicted molar refractivity (Wildman–Crippen MR) is 101 cm³/mol. The Labute approximate surface area is 155 Å². The molecule has 0 saturated carbocycles. The topological polar surface area (TPSA) is 52.7 Å². The summed E-state index contributed by atoms with van der Waals surface area (Å²) in [7, 11) is 0. The summed E-state index contributed by atoms with van der Waals surface area (Å²) in [6.07, 6.45) is 0. The van der Waals surface area contributed by atoms with Gasteiger partial charge < -0.3 is 10.2 Å². The summed E-state index contributed by atoms with van der Waals surface area (Å²) in [4.78, 5) is 28.5. The van der Waals surface area contributed by atoms with Gasteiger partial charge in [-0.25, -0.2) is 9.18 Å². The number of hydrogen-bond acceptors (Lipinski definition) is 3. The number of thioether (sulfide) groups is 1. The molecule has 2 aromatic rings. The molecule has 1 unspecified atom stereocenters. The number of carbonyl (C=O) groups excluding carboxylic acids is 2. The van der Waals surface area contributed by atoms with Gasteiger partial charge in [-0.1, -0.05) is 18.2 Å². The molecule has 2 aliphatic rings. The van der Waals surface area contributed by atoms with Crippen LogP contribution in [-0.2, 0) is 9.67 Å². The molecule has 3 amide bonds. The van der Waals surface area contributed by atoms with E-state index in [-0.39, 0.29) is 17.8 Å². The van der Waals surface area contributed by atoms with Crippen LogP contribution in [0.2, 0.25) is 0 Å². The number of rotatable bonds is 2. The first-order valence-electron chi connectivity index (χ1n) is 8.47. The molecular weight excluding hydrogens is 353 g/mol. The van der Waals surface area contributed by atoms with Crippen molar-refractivity contribution in [2.75, 3.05) is 29.1 Å². The van der Waals surface area contributed by atoms with E-state index in [1.54, 1.807) is 9.80 Å². The molecule has 2 aliphatic heterocycles. The first-order valence-corrected chi connectivity index (χ1v) is 9.46. The molecule has 4 rings (SSSR count). The largest absolute Gasteiger partial charge is 0.323 e. The summed E-state index contributed by atoms with van der Waals surface area (Å²) in [6.45, 7) is 2.94. The fourth-order valence-corrected chi connectivity index (χ4v) is 5.07.